The van der Waals surface area contributed by atoms with Crippen molar-refractivity contribution in [1.29, 1.82) is 0 Å². The van der Waals surface area contributed by atoms with Crippen LogP contribution >= 0.6 is 0 Å². The zero-order chi connectivity index (χ0) is 12.3. The standard InChI is InChI=1S/C14H25NO2/c1-10-6-11(2)8-13(7-10)17-14(16)12-4-3-5-15-9-12/h10-13,15H,3-9H2,1-2H3/t10?,11?,12-,13?/m0/s1. The fourth-order valence-electron chi connectivity index (χ4n) is 3.28. The molecule has 1 aliphatic heterocycles. The van der Waals surface area contributed by atoms with Crippen LogP contribution in [0.1, 0.15) is 46.0 Å². The maximum atomic E-state index is 12.0. The van der Waals surface area contributed by atoms with Crippen molar-refractivity contribution in [3.63, 3.8) is 0 Å². The van der Waals surface area contributed by atoms with E-state index in [4.69, 9.17) is 4.74 Å². The highest BCUT2D eigenvalue weighted by Gasteiger charge is 2.29. The van der Waals surface area contributed by atoms with E-state index in [9.17, 15) is 4.79 Å². The van der Waals surface area contributed by atoms with E-state index in [1.807, 2.05) is 0 Å². The first-order chi connectivity index (χ1) is 8.15. The van der Waals surface area contributed by atoms with Gasteiger partial charge < -0.3 is 10.1 Å². The van der Waals surface area contributed by atoms with Crippen molar-refractivity contribution in [2.75, 3.05) is 13.1 Å². The topological polar surface area (TPSA) is 38.3 Å². The zero-order valence-corrected chi connectivity index (χ0v) is 11.1. The molecule has 2 aliphatic rings. The Morgan fingerprint density at radius 1 is 1.18 bits per heavy atom. The van der Waals surface area contributed by atoms with E-state index in [1.165, 1.54) is 6.42 Å². The maximum Gasteiger partial charge on any atom is 0.310 e. The van der Waals surface area contributed by atoms with Crippen LogP contribution in [-0.4, -0.2) is 25.2 Å². The van der Waals surface area contributed by atoms with Crippen molar-refractivity contribution >= 4 is 5.97 Å². The Balaban J connectivity index is 1.80. The highest BCUT2D eigenvalue weighted by molar-refractivity contribution is 5.73. The third-order valence-electron chi connectivity index (χ3n) is 4.05. The van der Waals surface area contributed by atoms with Crippen LogP contribution in [0.25, 0.3) is 0 Å². The number of carbonyl (C=O) groups is 1. The number of esters is 1. The molecule has 1 saturated carbocycles. The molecule has 1 N–H and O–H groups in total. The molecular weight excluding hydrogens is 214 g/mol. The van der Waals surface area contributed by atoms with Crippen LogP contribution in [0.5, 0.6) is 0 Å². The molecule has 3 nitrogen and oxygen atoms in total. The Kier molecular flexibility index (Phi) is 4.43. The summed E-state index contributed by atoms with van der Waals surface area (Å²) in [5, 5.41) is 3.27. The Hall–Kier alpha value is -0.570. The molecule has 98 valence electrons. The highest BCUT2D eigenvalue weighted by Crippen LogP contribution is 2.31. The van der Waals surface area contributed by atoms with Gasteiger partial charge >= 0.3 is 5.97 Å². The van der Waals surface area contributed by atoms with Gasteiger partial charge in [-0.25, -0.2) is 0 Å². The van der Waals surface area contributed by atoms with E-state index in [1.54, 1.807) is 0 Å². The molecule has 2 rings (SSSR count). The average molecular weight is 239 g/mol. The fourth-order valence-corrected chi connectivity index (χ4v) is 3.28. The summed E-state index contributed by atoms with van der Waals surface area (Å²) in [6.07, 6.45) is 5.63. The number of hydrogen-bond acceptors (Lipinski definition) is 3. The van der Waals surface area contributed by atoms with Gasteiger partial charge in [-0.3, -0.25) is 4.79 Å². The number of rotatable bonds is 2. The third kappa shape index (κ3) is 3.70. The number of piperidine rings is 1. The van der Waals surface area contributed by atoms with Gasteiger partial charge in [0.15, 0.2) is 0 Å². The first kappa shape index (κ1) is 12.9. The molecule has 1 saturated heterocycles. The van der Waals surface area contributed by atoms with Crippen molar-refractivity contribution in [3.8, 4) is 0 Å². The summed E-state index contributed by atoms with van der Waals surface area (Å²) >= 11 is 0. The Labute approximate surface area is 104 Å². The van der Waals surface area contributed by atoms with Gasteiger partial charge in [0, 0.05) is 6.54 Å². The smallest absolute Gasteiger partial charge is 0.310 e. The van der Waals surface area contributed by atoms with Gasteiger partial charge in [0.1, 0.15) is 6.10 Å². The second-order valence-electron chi connectivity index (χ2n) is 6.02. The largest absolute Gasteiger partial charge is 0.462 e. The monoisotopic (exact) mass is 239 g/mol. The summed E-state index contributed by atoms with van der Waals surface area (Å²) in [7, 11) is 0. The quantitative estimate of drug-likeness (QED) is 0.752. The van der Waals surface area contributed by atoms with Crippen molar-refractivity contribution in [2.45, 2.75) is 52.1 Å². The molecule has 0 aromatic carbocycles. The van der Waals surface area contributed by atoms with Gasteiger partial charge in [-0.15, -0.1) is 0 Å². The van der Waals surface area contributed by atoms with E-state index in [-0.39, 0.29) is 18.0 Å². The molecule has 3 heteroatoms. The van der Waals surface area contributed by atoms with E-state index < -0.39 is 0 Å². The van der Waals surface area contributed by atoms with Gasteiger partial charge in [-0.1, -0.05) is 13.8 Å². The molecule has 0 aromatic rings. The second kappa shape index (κ2) is 5.85. The van der Waals surface area contributed by atoms with Crippen molar-refractivity contribution in [3.05, 3.63) is 0 Å². The minimum Gasteiger partial charge on any atom is -0.462 e. The Morgan fingerprint density at radius 3 is 2.47 bits per heavy atom. The molecule has 1 heterocycles. The summed E-state index contributed by atoms with van der Waals surface area (Å²) in [4.78, 5) is 12.0. The first-order valence-electron chi connectivity index (χ1n) is 7.06. The van der Waals surface area contributed by atoms with Crippen LogP contribution in [0.4, 0.5) is 0 Å². The van der Waals surface area contributed by atoms with Gasteiger partial charge in [0.05, 0.1) is 5.92 Å². The van der Waals surface area contributed by atoms with E-state index >= 15 is 0 Å². The molecule has 0 bridgehead atoms. The van der Waals surface area contributed by atoms with Gasteiger partial charge in [-0.05, 0) is 50.5 Å². The molecule has 2 fully saturated rings. The Morgan fingerprint density at radius 2 is 1.88 bits per heavy atom. The molecule has 2 unspecified atom stereocenters. The lowest BCUT2D eigenvalue weighted by Crippen LogP contribution is -2.38. The predicted octanol–water partition coefficient (Wildman–Crippen LogP) is 2.35. The molecule has 0 aromatic heterocycles. The second-order valence-corrected chi connectivity index (χ2v) is 6.02. The van der Waals surface area contributed by atoms with Crippen LogP contribution in [0.2, 0.25) is 0 Å². The van der Waals surface area contributed by atoms with Crippen molar-refractivity contribution in [1.82, 2.24) is 5.32 Å². The SMILES string of the molecule is CC1CC(C)CC(OC(=O)[C@H]2CCCNC2)C1. The molecule has 0 amide bonds. The predicted molar refractivity (Wildman–Crippen MR) is 67.7 cm³/mol. The van der Waals surface area contributed by atoms with Crippen molar-refractivity contribution in [2.24, 2.45) is 17.8 Å². The normalized spacial score (nSPS) is 38.7. The maximum absolute atomic E-state index is 12.0. The molecule has 0 spiro atoms. The van der Waals surface area contributed by atoms with Crippen LogP contribution in [-0.2, 0) is 9.53 Å². The molecule has 0 radical (unpaired) electrons. The van der Waals surface area contributed by atoms with Crippen LogP contribution in [0, 0.1) is 17.8 Å². The summed E-state index contributed by atoms with van der Waals surface area (Å²) in [5.41, 5.74) is 0. The molecular formula is C14H25NO2. The van der Waals surface area contributed by atoms with E-state index in [2.05, 4.69) is 19.2 Å². The average Bonchev–Trinajstić information content (AvgIpc) is 2.28. The van der Waals surface area contributed by atoms with Crippen LogP contribution in [0.15, 0.2) is 0 Å². The van der Waals surface area contributed by atoms with Gasteiger partial charge in [0.25, 0.3) is 0 Å². The zero-order valence-electron chi connectivity index (χ0n) is 11.1. The lowest BCUT2D eigenvalue weighted by atomic mass is 9.81. The van der Waals surface area contributed by atoms with E-state index in [0.717, 1.165) is 38.8 Å². The minimum absolute atomic E-state index is 0.0310. The summed E-state index contributed by atoms with van der Waals surface area (Å²) in [6, 6.07) is 0. The number of carbonyl (C=O) groups excluding carboxylic acids is 1. The molecule has 1 aliphatic carbocycles. The molecule has 17 heavy (non-hydrogen) atoms. The lowest BCUT2D eigenvalue weighted by molar-refractivity contribution is -0.157. The summed E-state index contributed by atoms with van der Waals surface area (Å²) in [5.74, 6) is 1.52. The van der Waals surface area contributed by atoms with Gasteiger partial charge in [-0.2, -0.15) is 0 Å². The van der Waals surface area contributed by atoms with Gasteiger partial charge in [0.2, 0.25) is 0 Å². The highest BCUT2D eigenvalue weighted by atomic mass is 16.5. The summed E-state index contributed by atoms with van der Waals surface area (Å²) in [6.45, 7) is 6.37. The Bertz CT molecular complexity index is 251. The molecule has 3 atom stereocenters. The first-order valence-corrected chi connectivity index (χ1v) is 7.06. The fraction of sp³-hybridized carbons (Fsp3) is 0.929. The van der Waals surface area contributed by atoms with Crippen LogP contribution in [0.3, 0.4) is 0 Å². The van der Waals surface area contributed by atoms with Crippen LogP contribution < -0.4 is 5.32 Å². The van der Waals surface area contributed by atoms with Crippen molar-refractivity contribution < 1.29 is 9.53 Å². The number of hydrogen-bond donors (Lipinski definition) is 1. The minimum atomic E-state index is 0.0310. The number of ether oxygens (including phenoxy) is 1. The van der Waals surface area contributed by atoms with E-state index in [0.29, 0.717) is 11.8 Å². The number of nitrogens with one attached hydrogen (secondary N) is 1. The lowest BCUT2D eigenvalue weighted by Gasteiger charge is -2.32. The summed E-state index contributed by atoms with van der Waals surface area (Å²) < 4.78 is 5.69. The third-order valence-corrected chi connectivity index (χ3v) is 4.05.